The van der Waals surface area contributed by atoms with Crippen molar-refractivity contribution in [1.29, 1.82) is 0 Å². The molecular weight excluding hydrogens is 298 g/mol. The van der Waals surface area contributed by atoms with E-state index in [9.17, 15) is 9.59 Å². The topological polar surface area (TPSA) is 82.1 Å². The molecule has 7 nitrogen and oxygen atoms in total. The highest BCUT2D eigenvalue weighted by Crippen LogP contribution is 2.31. The number of piperazine rings is 1. The standard InChI is InChI=1S/C16H21N3O4/c1-10(11-4-3-5-14(6-11)23-2)17-15(20)18-8-13-7-12(18)9-19(13)16(21)22/h3-6,10,12-13H,7-9H2,1-2H3,(H,17,20)(H,21,22)/t10?,12-,13-/m0/s1. The molecule has 2 bridgehead atoms. The Hall–Kier alpha value is -2.44. The van der Waals surface area contributed by atoms with Gasteiger partial charge in [0, 0.05) is 13.1 Å². The first-order valence-electron chi connectivity index (χ1n) is 7.70. The molecule has 1 unspecified atom stereocenters. The number of carboxylic acid groups (broad SMARTS) is 1. The zero-order valence-corrected chi connectivity index (χ0v) is 13.2. The predicted octanol–water partition coefficient (Wildman–Crippen LogP) is 1.90. The molecule has 2 N–H and O–H groups in total. The Morgan fingerprint density at radius 3 is 2.61 bits per heavy atom. The van der Waals surface area contributed by atoms with Crippen molar-refractivity contribution < 1.29 is 19.4 Å². The van der Waals surface area contributed by atoms with Crippen molar-refractivity contribution in [3.63, 3.8) is 0 Å². The second kappa shape index (κ2) is 5.98. The largest absolute Gasteiger partial charge is 0.497 e. The molecule has 2 aliphatic rings. The van der Waals surface area contributed by atoms with Crippen LogP contribution in [-0.2, 0) is 0 Å². The van der Waals surface area contributed by atoms with Crippen LogP contribution in [0.3, 0.4) is 0 Å². The summed E-state index contributed by atoms with van der Waals surface area (Å²) in [5.41, 5.74) is 0.967. The van der Waals surface area contributed by atoms with E-state index in [4.69, 9.17) is 9.84 Å². The van der Waals surface area contributed by atoms with Gasteiger partial charge in [-0.1, -0.05) is 12.1 Å². The Bertz CT molecular complexity index is 621. The lowest BCUT2D eigenvalue weighted by atomic mass is 10.1. The van der Waals surface area contributed by atoms with Crippen molar-refractivity contribution >= 4 is 12.1 Å². The van der Waals surface area contributed by atoms with E-state index in [0.29, 0.717) is 13.1 Å². The SMILES string of the molecule is COc1cccc(C(C)NC(=O)N2C[C@@H]3C[C@H]2CN3C(=O)O)c1. The van der Waals surface area contributed by atoms with Crippen molar-refractivity contribution in [3.8, 4) is 5.75 Å². The maximum Gasteiger partial charge on any atom is 0.407 e. The minimum atomic E-state index is -0.901. The van der Waals surface area contributed by atoms with Crippen LogP contribution in [0.4, 0.5) is 9.59 Å². The van der Waals surface area contributed by atoms with Crippen molar-refractivity contribution in [2.75, 3.05) is 20.2 Å². The summed E-state index contributed by atoms with van der Waals surface area (Å²) in [4.78, 5) is 26.7. The number of urea groups is 1. The third-order valence-electron chi connectivity index (χ3n) is 4.68. The molecular formula is C16H21N3O4. The van der Waals surface area contributed by atoms with Gasteiger partial charge in [-0.2, -0.15) is 0 Å². The van der Waals surface area contributed by atoms with E-state index >= 15 is 0 Å². The molecule has 2 saturated heterocycles. The Kier molecular flexibility index (Phi) is 4.02. The number of ether oxygens (including phenoxy) is 1. The number of nitrogens with one attached hydrogen (secondary N) is 1. The average molecular weight is 319 g/mol. The fraction of sp³-hybridized carbons (Fsp3) is 0.500. The molecule has 0 saturated carbocycles. The number of likely N-dealkylation sites (tertiary alicyclic amines) is 2. The molecule has 0 radical (unpaired) electrons. The van der Waals surface area contributed by atoms with Crippen LogP contribution in [0, 0.1) is 0 Å². The van der Waals surface area contributed by atoms with Gasteiger partial charge < -0.3 is 25.0 Å². The van der Waals surface area contributed by atoms with Crippen molar-refractivity contribution in [3.05, 3.63) is 29.8 Å². The van der Waals surface area contributed by atoms with E-state index in [1.54, 1.807) is 12.0 Å². The second-order valence-corrected chi connectivity index (χ2v) is 6.08. The number of methoxy groups -OCH3 is 1. The summed E-state index contributed by atoms with van der Waals surface area (Å²) in [6, 6.07) is 7.20. The van der Waals surface area contributed by atoms with Crippen LogP contribution >= 0.6 is 0 Å². The Morgan fingerprint density at radius 1 is 1.30 bits per heavy atom. The van der Waals surface area contributed by atoms with Gasteiger partial charge in [0.1, 0.15) is 5.75 Å². The quantitative estimate of drug-likeness (QED) is 0.891. The molecule has 3 amide bonds. The van der Waals surface area contributed by atoms with Gasteiger partial charge in [-0.05, 0) is 31.0 Å². The van der Waals surface area contributed by atoms with Crippen molar-refractivity contribution in [2.24, 2.45) is 0 Å². The summed E-state index contributed by atoms with van der Waals surface area (Å²) < 4.78 is 5.20. The molecule has 2 heterocycles. The van der Waals surface area contributed by atoms with Crippen LogP contribution in [0.5, 0.6) is 5.75 Å². The fourth-order valence-electron chi connectivity index (χ4n) is 3.41. The molecule has 1 aromatic rings. The highest BCUT2D eigenvalue weighted by atomic mass is 16.5. The lowest BCUT2D eigenvalue weighted by molar-refractivity contribution is 0.109. The number of nitrogens with zero attached hydrogens (tertiary/aromatic N) is 2. The van der Waals surface area contributed by atoms with Crippen LogP contribution < -0.4 is 10.1 Å². The molecule has 0 spiro atoms. The van der Waals surface area contributed by atoms with Crippen molar-refractivity contribution in [2.45, 2.75) is 31.5 Å². The summed E-state index contributed by atoms with van der Waals surface area (Å²) >= 11 is 0. The van der Waals surface area contributed by atoms with Crippen LogP contribution in [-0.4, -0.2) is 59.3 Å². The van der Waals surface area contributed by atoms with Crippen LogP contribution in [0.2, 0.25) is 0 Å². The van der Waals surface area contributed by atoms with Crippen LogP contribution in [0.15, 0.2) is 24.3 Å². The normalized spacial score (nSPS) is 23.7. The maximum absolute atomic E-state index is 12.5. The number of hydrogen-bond donors (Lipinski definition) is 2. The maximum atomic E-state index is 12.5. The number of carbonyl (C=O) groups is 2. The van der Waals surface area contributed by atoms with E-state index in [1.807, 2.05) is 31.2 Å². The second-order valence-electron chi connectivity index (χ2n) is 6.08. The molecule has 3 rings (SSSR count). The predicted molar refractivity (Wildman–Crippen MR) is 83.6 cm³/mol. The van der Waals surface area contributed by atoms with Crippen molar-refractivity contribution in [1.82, 2.24) is 15.1 Å². The molecule has 2 fully saturated rings. The Morgan fingerprint density at radius 2 is 2.00 bits per heavy atom. The third-order valence-corrected chi connectivity index (χ3v) is 4.68. The lowest BCUT2D eigenvalue weighted by Gasteiger charge is -2.33. The molecule has 1 aromatic carbocycles. The molecule has 3 atom stereocenters. The highest BCUT2D eigenvalue weighted by Gasteiger charge is 2.47. The fourth-order valence-corrected chi connectivity index (χ4v) is 3.41. The van der Waals surface area contributed by atoms with E-state index in [-0.39, 0.29) is 24.2 Å². The Balaban J connectivity index is 1.61. The molecule has 23 heavy (non-hydrogen) atoms. The molecule has 2 aliphatic heterocycles. The number of amides is 3. The first-order chi connectivity index (χ1) is 11.0. The molecule has 124 valence electrons. The van der Waals surface area contributed by atoms with Gasteiger partial charge in [0.05, 0.1) is 25.2 Å². The lowest BCUT2D eigenvalue weighted by Crippen LogP contribution is -2.53. The monoisotopic (exact) mass is 319 g/mol. The molecule has 0 aromatic heterocycles. The van der Waals surface area contributed by atoms with E-state index < -0.39 is 6.09 Å². The summed E-state index contributed by atoms with van der Waals surface area (Å²) in [6.07, 6.45) is -0.171. The van der Waals surface area contributed by atoms with Crippen LogP contribution in [0.1, 0.15) is 24.9 Å². The first kappa shape index (κ1) is 15.5. The van der Waals surface area contributed by atoms with E-state index in [1.165, 1.54) is 4.90 Å². The van der Waals surface area contributed by atoms with Gasteiger partial charge in [-0.3, -0.25) is 0 Å². The number of fused-ring (bicyclic) bond motifs is 2. The third kappa shape index (κ3) is 2.91. The highest BCUT2D eigenvalue weighted by molar-refractivity contribution is 5.76. The first-order valence-corrected chi connectivity index (χ1v) is 7.70. The Labute approximate surface area is 134 Å². The van der Waals surface area contributed by atoms with Gasteiger partial charge in [0.15, 0.2) is 0 Å². The summed E-state index contributed by atoms with van der Waals surface area (Å²) in [5, 5.41) is 12.1. The number of hydrogen-bond acceptors (Lipinski definition) is 3. The zero-order valence-electron chi connectivity index (χ0n) is 13.2. The minimum Gasteiger partial charge on any atom is -0.497 e. The zero-order chi connectivity index (χ0) is 16.6. The van der Waals surface area contributed by atoms with Gasteiger partial charge in [0.25, 0.3) is 0 Å². The number of benzene rings is 1. The summed E-state index contributed by atoms with van der Waals surface area (Å²) in [5.74, 6) is 0.751. The van der Waals surface area contributed by atoms with Gasteiger partial charge >= 0.3 is 12.1 Å². The van der Waals surface area contributed by atoms with E-state index in [2.05, 4.69) is 5.32 Å². The van der Waals surface area contributed by atoms with Gasteiger partial charge in [0.2, 0.25) is 0 Å². The van der Waals surface area contributed by atoms with Gasteiger partial charge in [-0.25, -0.2) is 9.59 Å². The summed E-state index contributed by atoms with van der Waals surface area (Å²) in [7, 11) is 1.61. The van der Waals surface area contributed by atoms with Gasteiger partial charge in [-0.15, -0.1) is 0 Å². The van der Waals surface area contributed by atoms with E-state index in [0.717, 1.165) is 17.7 Å². The number of rotatable bonds is 3. The molecule has 0 aliphatic carbocycles. The van der Waals surface area contributed by atoms with Crippen LogP contribution in [0.25, 0.3) is 0 Å². The number of carbonyl (C=O) groups excluding carboxylic acids is 1. The summed E-state index contributed by atoms with van der Waals surface area (Å²) in [6.45, 7) is 2.79. The average Bonchev–Trinajstić information content (AvgIpc) is 3.15. The molecule has 7 heteroatoms. The smallest absolute Gasteiger partial charge is 0.407 e. The minimum absolute atomic E-state index is 0.0198.